The van der Waals surface area contributed by atoms with Crippen LogP contribution in [-0.2, 0) is 0 Å². The smallest absolute Gasteiger partial charge is 0.0441 e. The second-order valence-electron chi connectivity index (χ2n) is 4.49. The lowest BCUT2D eigenvalue weighted by Crippen LogP contribution is -2.10. The summed E-state index contributed by atoms with van der Waals surface area (Å²) >= 11 is 0. The Morgan fingerprint density at radius 1 is 0.889 bits per heavy atom. The van der Waals surface area contributed by atoms with Crippen LogP contribution in [0.15, 0.2) is 48.5 Å². The molecule has 0 bridgehead atoms. The molecule has 0 fully saturated rings. The molecule has 0 aliphatic rings. The molecule has 94 valence electrons. The van der Waals surface area contributed by atoms with E-state index in [4.69, 9.17) is 0 Å². The van der Waals surface area contributed by atoms with Gasteiger partial charge in [-0.1, -0.05) is 36.4 Å². The standard InChI is InChI=1S/C16H20N2/c1-4-17-15-11-7-5-9-13(15)14-10-6-8-12-16(14)18(2)3/h5-12,17H,4H2,1-3H3. The summed E-state index contributed by atoms with van der Waals surface area (Å²) in [5, 5.41) is 3.42. The predicted molar refractivity (Wildman–Crippen MR) is 80.4 cm³/mol. The SMILES string of the molecule is CCNc1ccccc1-c1ccccc1N(C)C. The van der Waals surface area contributed by atoms with E-state index in [9.17, 15) is 0 Å². The molecule has 0 radical (unpaired) electrons. The van der Waals surface area contributed by atoms with Gasteiger partial charge in [0, 0.05) is 43.1 Å². The van der Waals surface area contributed by atoms with Crippen molar-refractivity contribution in [2.45, 2.75) is 6.92 Å². The van der Waals surface area contributed by atoms with Gasteiger partial charge in [-0.2, -0.15) is 0 Å². The summed E-state index contributed by atoms with van der Waals surface area (Å²) in [6.07, 6.45) is 0. The highest BCUT2D eigenvalue weighted by molar-refractivity contribution is 5.86. The Labute approximate surface area is 109 Å². The molecule has 2 rings (SSSR count). The van der Waals surface area contributed by atoms with Crippen molar-refractivity contribution in [3.05, 3.63) is 48.5 Å². The van der Waals surface area contributed by atoms with E-state index in [1.54, 1.807) is 0 Å². The number of hydrogen-bond acceptors (Lipinski definition) is 2. The maximum absolute atomic E-state index is 3.42. The minimum atomic E-state index is 0.932. The molecule has 0 amide bonds. The van der Waals surface area contributed by atoms with Gasteiger partial charge in [0.05, 0.1) is 0 Å². The summed E-state index contributed by atoms with van der Waals surface area (Å²) in [5.41, 5.74) is 4.94. The topological polar surface area (TPSA) is 15.3 Å². The maximum Gasteiger partial charge on any atom is 0.0441 e. The first-order valence-electron chi connectivity index (χ1n) is 6.33. The highest BCUT2D eigenvalue weighted by Crippen LogP contribution is 2.34. The minimum absolute atomic E-state index is 0.932. The molecule has 0 aromatic heterocycles. The number of nitrogens with one attached hydrogen (secondary N) is 1. The lowest BCUT2D eigenvalue weighted by molar-refractivity contribution is 1.13. The van der Waals surface area contributed by atoms with Crippen LogP contribution in [0.25, 0.3) is 11.1 Å². The fourth-order valence-corrected chi connectivity index (χ4v) is 2.15. The Morgan fingerprint density at radius 2 is 1.50 bits per heavy atom. The van der Waals surface area contributed by atoms with Crippen LogP contribution in [-0.4, -0.2) is 20.6 Å². The van der Waals surface area contributed by atoms with Gasteiger partial charge in [-0.25, -0.2) is 0 Å². The zero-order valence-corrected chi connectivity index (χ0v) is 11.3. The average molecular weight is 240 g/mol. The van der Waals surface area contributed by atoms with Gasteiger partial charge in [0.1, 0.15) is 0 Å². The molecule has 2 heteroatoms. The molecule has 18 heavy (non-hydrogen) atoms. The Morgan fingerprint density at radius 3 is 2.17 bits per heavy atom. The summed E-state index contributed by atoms with van der Waals surface area (Å²) in [6, 6.07) is 16.9. The van der Waals surface area contributed by atoms with Crippen molar-refractivity contribution in [1.82, 2.24) is 0 Å². The van der Waals surface area contributed by atoms with Crippen molar-refractivity contribution in [2.75, 3.05) is 30.9 Å². The fraction of sp³-hybridized carbons (Fsp3) is 0.250. The van der Waals surface area contributed by atoms with Crippen LogP contribution in [0.2, 0.25) is 0 Å². The molecule has 0 saturated carbocycles. The second kappa shape index (κ2) is 5.58. The number of hydrogen-bond donors (Lipinski definition) is 1. The van der Waals surface area contributed by atoms with Crippen LogP contribution in [0.4, 0.5) is 11.4 Å². The maximum atomic E-state index is 3.42. The predicted octanol–water partition coefficient (Wildman–Crippen LogP) is 3.85. The molecule has 0 spiro atoms. The third kappa shape index (κ3) is 2.48. The van der Waals surface area contributed by atoms with Gasteiger partial charge in [0.25, 0.3) is 0 Å². The van der Waals surface area contributed by atoms with Crippen molar-refractivity contribution in [3.8, 4) is 11.1 Å². The summed E-state index contributed by atoms with van der Waals surface area (Å²) < 4.78 is 0. The van der Waals surface area contributed by atoms with E-state index in [1.165, 1.54) is 22.5 Å². The van der Waals surface area contributed by atoms with Gasteiger partial charge < -0.3 is 10.2 Å². The zero-order valence-electron chi connectivity index (χ0n) is 11.3. The van der Waals surface area contributed by atoms with E-state index in [2.05, 4.69) is 79.8 Å². The van der Waals surface area contributed by atoms with Crippen molar-refractivity contribution < 1.29 is 0 Å². The van der Waals surface area contributed by atoms with Crippen LogP contribution < -0.4 is 10.2 Å². The lowest BCUT2D eigenvalue weighted by Gasteiger charge is -2.19. The molecular formula is C16H20N2. The van der Waals surface area contributed by atoms with E-state index in [0.717, 1.165) is 6.54 Å². The summed E-state index contributed by atoms with van der Waals surface area (Å²) in [5.74, 6) is 0. The Bertz CT molecular complexity index is 518. The largest absolute Gasteiger partial charge is 0.385 e. The molecule has 1 N–H and O–H groups in total. The zero-order chi connectivity index (χ0) is 13.0. The van der Waals surface area contributed by atoms with Gasteiger partial charge in [0.2, 0.25) is 0 Å². The number of nitrogens with zero attached hydrogens (tertiary/aromatic N) is 1. The highest BCUT2D eigenvalue weighted by atomic mass is 15.1. The van der Waals surface area contributed by atoms with E-state index in [-0.39, 0.29) is 0 Å². The molecule has 0 saturated heterocycles. The average Bonchev–Trinajstić information content (AvgIpc) is 2.40. The van der Waals surface area contributed by atoms with Gasteiger partial charge >= 0.3 is 0 Å². The highest BCUT2D eigenvalue weighted by Gasteiger charge is 2.09. The molecule has 2 nitrogen and oxygen atoms in total. The first-order valence-corrected chi connectivity index (χ1v) is 6.33. The fourth-order valence-electron chi connectivity index (χ4n) is 2.15. The Hall–Kier alpha value is -1.96. The molecule has 0 atom stereocenters. The molecule has 0 aliphatic heterocycles. The van der Waals surface area contributed by atoms with Gasteiger partial charge in [-0.15, -0.1) is 0 Å². The number of anilines is 2. The normalized spacial score (nSPS) is 10.2. The van der Waals surface area contributed by atoms with Gasteiger partial charge in [-0.05, 0) is 19.1 Å². The summed E-state index contributed by atoms with van der Waals surface area (Å²) in [4.78, 5) is 2.15. The van der Waals surface area contributed by atoms with E-state index in [0.29, 0.717) is 0 Å². The first-order chi connectivity index (χ1) is 8.74. The van der Waals surface area contributed by atoms with Crippen LogP contribution in [0.1, 0.15) is 6.92 Å². The summed E-state index contributed by atoms with van der Waals surface area (Å²) in [6.45, 7) is 3.05. The third-order valence-corrected chi connectivity index (χ3v) is 2.97. The Kier molecular flexibility index (Phi) is 3.88. The quantitative estimate of drug-likeness (QED) is 0.873. The van der Waals surface area contributed by atoms with Gasteiger partial charge in [0.15, 0.2) is 0 Å². The molecular weight excluding hydrogens is 220 g/mol. The monoisotopic (exact) mass is 240 g/mol. The van der Waals surface area contributed by atoms with Crippen molar-refractivity contribution >= 4 is 11.4 Å². The van der Waals surface area contributed by atoms with Crippen molar-refractivity contribution in [3.63, 3.8) is 0 Å². The molecule has 0 aliphatic carbocycles. The number of rotatable bonds is 4. The third-order valence-electron chi connectivity index (χ3n) is 2.97. The van der Waals surface area contributed by atoms with Crippen LogP contribution in [0.3, 0.4) is 0 Å². The molecule has 0 unspecified atom stereocenters. The van der Waals surface area contributed by atoms with Crippen molar-refractivity contribution in [1.29, 1.82) is 0 Å². The van der Waals surface area contributed by atoms with E-state index < -0.39 is 0 Å². The Balaban J connectivity index is 2.55. The minimum Gasteiger partial charge on any atom is -0.385 e. The first kappa shape index (κ1) is 12.5. The van der Waals surface area contributed by atoms with Crippen LogP contribution in [0.5, 0.6) is 0 Å². The number of para-hydroxylation sites is 2. The molecule has 0 heterocycles. The van der Waals surface area contributed by atoms with Crippen LogP contribution in [0, 0.1) is 0 Å². The molecule has 2 aromatic carbocycles. The van der Waals surface area contributed by atoms with Crippen LogP contribution >= 0.6 is 0 Å². The number of benzene rings is 2. The molecule has 2 aromatic rings. The van der Waals surface area contributed by atoms with Gasteiger partial charge in [-0.3, -0.25) is 0 Å². The lowest BCUT2D eigenvalue weighted by atomic mass is 10.0. The van der Waals surface area contributed by atoms with E-state index >= 15 is 0 Å². The summed E-state index contributed by atoms with van der Waals surface area (Å²) in [7, 11) is 4.16. The van der Waals surface area contributed by atoms with E-state index in [1.807, 2.05) is 0 Å². The van der Waals surface area contributed by atoms with Crippen molar-refractivity contribution in [2.24, 2.45) is 0 Å². The second-order valence-corrected chi connectivity index (χ2v) is 4.49.